The molecule has 51 heavy (non-hydrogen) atoms. The van der Waals surface area contributed by atoms with Gasteiger partial charge in [0, 0.05) is 57.4 Å². The molecule has 0 spiro atoms. The molecular formula is C48H31NS2. The van der Waals surface area contributed by atoms with Crippen LogP contribution in [0.1, 0.15) is 0 Å². The molecule has 0 N–H and O–H groups in total. The predicted molar refractivity (Wildman–Crippen MR) is 223 cm³/mol. The Hall–Kier alpha value is -6.00. The van der Waals surface area contributed by atoms with Gasteiger partial charge < -0.3 is 4.90 Å². The van der Waals surface area contributed by atoms with Crippen molar-refractivity contribution in [3.8, 4) is 33.4 Å². The minimum Gasteiger partial charge on any atom is -0.311 e. The molecule has 0 aliphatic heterocycles. The van der Waals surface area contributed by atoms with Gasteiger partial charge >= 0.3 is 0 Å². The van der Waals surface area contributed by atoms with Gasteiger partial charge in [-0.25, -0.2) is 0 Å². The molecule has 0 aliphatic rings. The fourth-order valence-corrected chi connectivity index (χ4v) is 9.47. The quantitative estimate of drug-likeness (QED) is 0.168. The van der Waals surface area contributed by atoms with Gasteiger partial charge in [-0.3, -0.25) is 0 Å². The molecule has 0 aliphatic carbocycles. The first-order valence-corrected chi connectivity index (χ1v) is 18.9. The van der Waals surface area contributed by atoms with Crippen molar-refractivity contribution in [2.24, 2.45) is 0 Å². The number of thiophene rings is 2. The maximum absolute atomic E-state index is 2.35. The van der Waals surface area contributed by atoms with E-state index in [1.54, 1.807) is 0 Å². The van der Waals surface area contributed by atoms with Crippen LogP contribution in [-0.4, -0.2) is 0 Å². The van der Waals surface area contributed by atoms with Crippen LogP contribution in [0.5, 0.6) is 0 Å². The van der Waals surface area contributed by atoms with E-state index in [1.807, 2.05) is 22.7 Å². The van der Waals surface area contributed by atoms with Crippen LogP contribution in [0.3, 0.4) is 0 Å². The number of hydrogen-bond acceptors (Lipinski definition) is 3. The Morgan fingerprint density at radius 2 is 0.588 bits per heavy atom. The Bertz CT molecular complexity index is 2670. The highest BCUT2D eigenvalue weighted by molar-refractivity contribution is 7.26. The molecule has 0 amide bonds. The molecule has 0 radical (unpaired) electrons. The van der Waals surface area contributed by atoms with Gasteiger partial charge in [-0.15, -0.1) is 22.7 Å². The highest BCUT2D eigenvalue weighted by Gasteiger charge is 2.15. The van der Waals surface area contributed by atoms with E-state index in [0.29, 0.717) is 0 Å². The van der Waals surface area contributed by atoms with Gasteiger partial charge in [0.2, 0.25) is 0 Å². The average molecular weight is 686 g/mol. The third kappa shape index (κ3) is 5.39. The molecule has 0 saturated carbocycles. The van der Waals surface area contributed by atoms with Crippen LogP contribution in [-0.2, 0) is 0 Å². The van der Waals surface area contributed by atoms with Crippen molar-refractivity contribution in [2.75, 3.05) is 4.90 Å². The van der Waals surface area contributed by atoms with Crippen molar-refractivity contribution in [3.63, 3.8) is 0 Å². The standard InChI is InChI=1S/C48H31NS2/c1-2-8-32(9-3-1)33-14-22-38(23-15-33)49(39-24-16-34(17-25-39)36-20-28-47-43(30-36)41-10-4-6-12-45(41)50-47)40-26-18-35(19-27-40)37-21-29-48-44(31-37)42-11-5-7-13-46(42)51-48/h1-31H. The van der Waals surface area contributed by atoms with Gasteiger partial charge in [0.25, 0.3) is 0 Å². The summed E-state index contributed by atoms with van der Waals surface area (Å²) < 4.78 is 5.32. The average Bonchev–Trinajstić information content (AvgIpc) is 3.77. The van der Waals surface area contributed by atoms with Crippen LogP contribution >= 0.6 is 22.7 Å². The minimum absolute atomic E-state index is 1.12. The van der Waals surface area contributed by atoms with E-state index in [4.69, 9.17) is 0 Å². The first-order valence-electron chi connectivity index (χ1n) is 17.2. The van der Waals surface area contributed by atoms with E-state index in [9.17, 15) is 0 Å². The topological polar surface area (TPSA) is 3.24 Å². The summed E-state index contributed by atoms with van der Waals surface area (Å²) in [6, 6.07) is 68.6. The summed E-state index contributed by atoms with van der Waals surface area (Å²) in [7, 11) is 0. The first-order chi connectivity index (χ1) is 25.2. The van der Waals surface area contributed by atoms with E-state index in [0.717, 1.165) is 17.1 Å². The second-order valence-corrected chi connectivity index (χ2v) is 15.1. The first kappa shape index (κ1) is 29.9. The van der Waals surface area contributed by atoms with Crippen LogP contribution in [0, 0.1) is 0 Å². The maximum atomic E-state index is 2.35. The highest BCUT2D eigenvalue weighted by atomic mass is 32.1. The third-order valence-electron chi connectivity index (χ3n) is 9.90. The zero-order valence-corrected chi connectivity index (χ0v) is 29.3. The van der Waals surface area contributed by atoms with Gasteiger partial charge in [0.1, 0.15) is 0 Å². The molecule has 0 fully saturated rings. The summed E-state index contributed by atoms with van der Waals surface area (Å²) in [6.45, 7) is 0. The van der Waals surface area contributed by atoms with E-state index < -0.39 is 0 Å². The Kier molecular flexibility index (Phi) is 7.26. The summed E-state index contributed by atoms with van der Waals surface area (Å²) in [5.41, 5.74) is 10.7. The monoisotopic (exact) mass is 685 g/mol. The molecule has 8 aromatic carbocycles. The molecule has 2 aromatic heterocycles. The van der Waals surface area contributed by atoms with Crippen LogP contribution in [0.25, 0.3) is 73.7 Å². The van der Waals surface area contributed by atoms with Crippen LogP contribution in [0.15, 0.2) is 188 Å². The fraction of sp³-hybridized carbons (Fsp3) is 0. The molecule has 0 bridgehead atoms. The molecule has 0 atom stereocenters. The summed E-state index contributed by atoms with van der Waals surface area (Å²) in [4.78, 5) is 2.35. The van der Waals surface area contributed by atoms with Gasteiger partial charge in [-0.2, -0.15) is 0 Å². The normalized spacial score (nSPS) is 11.5. The zero-order chi connectivity index (χ0) is 33.7. The molecule has 0 unspecified atom stereocenters. The zero-order valence-electron chi connectivity index (χ0n) is 27.7. The smallest absolute Gasteiger partial charge is 0.0462 e. The fourth-order valence-electron chi connectivity index (χ4n) is 7.30. The van der Waals surface area contributed by atoms with E-state index in [2.05, 4.69) is 193 Å². The van der Waals surface area contributed by atoms with Crippen molar-refractivity contribution in [1.82, 2.24) is 0 Å². The molecule has 10 aromatic rings. The summed E-state index contributed by atoms with van der Waals surface area (Å²) in [5, 5.41) is 5.30. The number of anilines is 3. The van der Waals surface area contributed by atoms with Gasteiger partial charge in [0.15, 0.2) is 0 Å². The van der Waals surface area contributed by atoms with Crippen LogP contribution in [0.2, 0.25) is 0 Å². The molecule has 3 heteroatoms. The van der Waals surface area contributed by atoms with Gasteiger partial charge in [-0.1, -0.05) is 115 Å². The molecule has 2 heterocycles. The van der Waals surface area contributed by atoms with Crippen LogP contribution in [0.4, 0.5) is 17.1 Å². The van der Waals surface area contributed by atoms with Crippen molar-refractivity contribution in [3.05, 3.63) is 188 Å². The predicted octanol–water partition coefficient (Wildman–Crippen LogP) is 14.9. The number of rotatable bonds is 6. The lowest BCUT2D eigenvalue weighted by Gasteiger charge is -2.26. The molecule has 0 saturated heterocycles. The number of hydrogen-bond donors (Lipinski definition) is 0. The molecule has 10 rings (SSSR count). The van der Waals surface area contributed by atoms with E-state index >= 15 is 0 Å². The molecule has 1 nitrogen and oxygen atoms in total. The van der Waals surface area contributed by atoms with Crippen molar-refractivity contribution < 1.29 is 0 Å². The van der Waals surface area contributed by atoms with Crippen molar-refractivity contribution in [1.29, 1.82) is 0 Å². The largest absolute Gasteiger partial charge is 0.311 e. The minimum atomic E-state index is 1.12. The summed E-state index contributed by atoms with van der Waals surface area (Å²) >= 11 is 3.72. The highest BCUT2D eigenvalue weighted by Crippen LogP contribution is 2.41. The van der Waals surface area contributed by atoms with Crippen LogP contribution < -0.4 is 4.90 Å². The lowest BCUT2D eigenvalue weighted by molar-refractivity contribution is 1.28. The van der Waals surface area contributed by atoms with Crippen molar-refractivity contribution in [2.45, 2.75) is 0 Å². The second-order valence-electron chi connectivity index (χ2n) is 13.0. The van der Waals surface area contributed by atoms with Crippen molar-refractivity contribution >= 4 is 80.1 Å². The van der Waals surface area contributed by atoms with E-state index in [1.165, 1.54) is 73.7 Å². The lowest BCUT2D eigenvalue weighted by atomic mass is 10.0. The maximum Gasteiger partial charge on any atom is 0.0462 e. The van der Waals surface area contributed by atoms with Gasteiger partial charge in [0.05, 0.1) is 0 Å². The Morgan fingerprint density at radius 1 is 0.255 bits per heavy atom. The number of nitrogens with zero attached hydrogens (tertiary/aromatic N) is 1. The van der Waals surface area contributed by atoms with Gasteiger partial charge in [-0.05, 0) is 106 Å². The summed E-state index contributed by atoms with van der Waals surface area (Å²) in [6.07, 6.45) is 0. The Labute approximate surface area is 304 Å². The Balaban J connectivity index is 1.02. The Morgan fingerprint density at radius 3 is 1.04 bits per heavy atom. The third-order valence-corrected chi connectivity index (χ3v) is 12.2. The molecule has 240 valence electrons. The lowest BCUT2D eigenvalue weighted by Crippen LogP contribution is -2.09. The SMILES string of the molecule is c1ccc(-c2ccc(N(c3ccc(-c4ccc5sc6ccccc6c5c4)cc3)c3ccc(-c4ccc5sc6ccccc6c5c4)cc3)cc2)cc1. The number of fused-ring (bicyclic) bond motifs is 6. The van der Waals surface area contributed by atoms with E-state index in [-0.39, 0.29) is 0 Å². The summed E-state index contributed by atoms with van der Waals surface area (Å²) in [5.74, 6) is 0. The second kappa shape index (κ2) is 12.4. The number of benzene rings is 8. The molecular weight excluding hydrogens is 655 g/mol.